The van der Waals surface area contributed by atoms with Crippen molar-refractivity contribution in [3.8, 4) is 0 Å². The van der Waals surface area contributed by atoms with Gasteiger partial charge < -0.3 is 10.2 Å². The van der Waals surface area contributed by atoms with Crippen LogP contribution in [0, 0.1) is 0 Å². The maximum atomic E-state index is 12.0. The summed E-state index contributed by atoms with van der Waals surface area (Å²) in [7, 11) is 0. The zero-order valence-corrected chi connectivity index (χ0v) is 11.1. The van der Waals surface area contributed by atoms with Crippen molar-refractivity contribution in [1.29, 1.82) is 0 Å². The van der Waals surface area contributed by atoms with E-state index >= 15 is 0 Å². The smallest absolute Gasteiger partial charge is 0.334 e. The highest BCUT2D eigenvalue weighted by molar-refractivity contribution is 7.10. The fraction of sp³-hybridized carbons (Fsp3) is 0.583. The second-order valence-corrected chi connectivity index (χ2v) is 5.46. The molecule has 1 amide bonds. The molecule has 1 aliphatic heterocycles. The molecule has 1 aliphatic rings. The number of thiophene rings is 1. The van der Waals surface area contributed by atoms with Gasteiger partial charge in [0.15, 0.2) is 0 Å². The second kappa shape index (κ2) is 5.92. The molecule has 0 saturated carbocycles. The normalized spacial score (nSPS) is 19.9. The van der Waals surface area contributed by atoms with Crippen molar-refractivity contribution in [3.63, 3.8) is 0 Å². The van der Waals surface area contributed by atoms with E-state index in [4.69, 9.17) is 0 Å². The van der Waals surface area contributed by atoms with Crippen molar-refractivity contribution < 1.29 is 18.0 Å². The highest BCUT2D eigenvalue weighted by atomic mass is 32.1. The van der Waals surface area contributed by atoms with E-state index in [9.17, 15) is 18.0 Å². The lowest BCUT2D eigenvalue weighted by molar-refractivity contribution is -0.134. The maximum Gasteiger partial charge on any atom is 0.401 e. The first-order valence-corrected chi connectivity index (χ1v) is 6.96. The topological polar surface area (TPSA) is 32.3 Å². The molecule has 1 aromatic heterocycles. The largest absolute Gasteiger partial charge is 0.401 e. The molecule has 1 unspecified atom stereocenters. The highest BCUT2D eigenvalue weighted by Crippen LogP contribution is 2.34. The number of amides is 1. The summed E-state index contributed by atoms with van der Waals surface area (Å²) in [5, 5.41) is 4.10. The molecule has 2 heterocycles. The average Bonchev–Trinajstić information content (AvgIpc) is 2.97. The number of carbonyl (C=O) groups is 1. The van der Waals surface area contributed by atoms with E-state index < -0.39 is 12.7 Å². The Morgan fingerprint density at radius 3 is 2.95 bits per heavy atom. The van der Waals surface area contributed by atoms with E-state index in [1.165, 1.54) is 0 Å². The Morgan fingerprint density at radius 1 is 1.53 bits per heavy atom. The molecular formula is C12H15F3N2OS. The number of nitrogens with one attached hydrogen (secondary N) is 1. The highest BCUT2D eigenvalue weighted by Gasteiger charge is 2.31. The van der Waals surface area contributed by atoms with Crippen molar-refractivity contribution >= 4 is 17.2 Å². The summed E-state index contributed by atoms with van der Waals surface area (Å²) >= 11 is 1.58. The Balaban J connectivity index is 1.88. The second-order valence-electron chi connectivity index (χ2n) is 4.48. The molecule has 0 radical (unpaired) electrons. The first-order chi connectivity index (χ1) is 8.97. The molecule has 106 valence electrons. The Morgan fingerprint density at radius 2 is 2.32 bits per heavy atom. The van der Waals surface area contributed by atoms with Gasteiger partial charge in [0.2, 0.25) is 5.91 Å². The molecule has 1 fully saturated rings. The third-order valence-corrected chi connectivity index (χ3v) is 4.02. The van der Waals surface area contributed by atoms with Gasteiger partial charge in [0.1, 0.15) is 0 Å². The SMILES string of the molecule is O=C(CNCC(F)(F)F)N1CCCC1c1cccs1. The van der Waals surface area contributed by atoms with Gasteiger partial charge in [-0.1, -0.05) is 6.07 Å². The van der Waals surface area contributed by atoms with E-state index in [1.807, 2.05) is 17.5 Å². The summed E-state index contributed by atoms with van der Waals surface area (Å²) in [5.41, 5.74) is 0. The number of rotatable bonds is 4. The van der Waals surface area contributed by atoms with Crippen LogP contribution < -0.4 is 5.32 Å². The van der Waals surface area contributed by atoms with Gasteiger partial charge in [0, 0.05) is 11.4 Å². The maximum absolute atomic E-state index is 12.0. The molecular weight excluding hydrogens is 277 g/mol. The number of likely N-dealkylation sites (tertiary alicyclic amines) is 1. The lowest BCUT2D eigenvalue weighted by Gasteiger charge is -2.24. The molecule has 3 nitrogen and oxygen atoms in total. The third kappa shape index (κ3) is 3.94. The van der Waals surface area contributed by atoms with Gasteiger partial charge in [0.05, 0.1) is 19.1 Å². The minimum absolute atomic E-state index is 0.0280. The Bertz CT molecular complexity index is 419. The standard InChI is InChI=1S/C12H15F3N2OS/c13-12(14,15)8-16-7-11(18)17-5-1-3-9(17)10-4-2-6-19-10/h2,4,6,9,16H,1,3,5,7-8H2. The van der Waals surface area contributed by atoms with Gasteiger partial charge in [-0.3, -0.25) is 4.79 Å². The van der Waals surface area contributed by atoms with Crippen molar-refractivity contribution in [2.75, 3.05) is 19.6 Å². The van der Waals surface area contributed by atoms with Crippen molar-refractivity contribution in [1.82, 2.24) is 10.2 Å². The van der Waals surface area contributed by atoms with Gasteiger partial charge in [0.25, 0.3) is 0 Å². The van der Waals surface area contributed by atoms with Crippen molar-refractivity contribution in [2.24, 2.45) is 0 Å². The first-order valence-electron chi connectivity index (χ1n) is 6.08. The predicted octanol–water partition coefficient (Wildman–Crippen LogP) is 2.56. The van der Waals surface area contributed by atoms with Crippen LogP contribution in [-0.4, -0.2) is 36.6 Å². The van der Waals surface area contributed by atoms with Crippen LogP contribution >= 0.6 is 11.3 Å². The van der Waals surface area contributed by atoms with Crippen molar-refractivity contribution in [2.45, 2.75) is 25.1 Å². The molecule has 19 heavy (non-hydrogen) atoms. The fourth-order valence-electron chi connectivity index (χ4n) is 2.25. The zero-order valence-electron chi connectivity index (χ0n) is 10.2. The predicted molar refractivity (Wildman–Crippen MR) is 66.9 cm³/mol. The first kappa shape index (κ1) is 14.3. The molecule has 1 N–H and O–H groups in total. The van der Waals surface area contributed by atoms with E-state index in [2.05, 4.69) is 5.32 Å². The molecule has 0 aliphatic carbocycles. The Hall–Kier alpha value is -1.08. The third-order valence-electron chi connectivity index (χ3n) is 3.05. The molecule has 0 spiro atoms. The summed E-state index contributed by atoms with van der Waals surface area (Å²) < 4.78 is 36.0. The molecule has 2 rings (SSSR count). The van der Waals surface area contributed by atoms with Crippen LogP contribution in [0.5, 0.6) is 0 Å². The molecule has 1 saturated heterocycles. The molecule has 0 aromatic carbocycles. The van der Waals surface area contributed by atoms with E-state index in [0.29, 0.717) is 6.54 Å². The Labute approximate surface area is 113 Å². The van der Waals surface area contributed by atoms with Crippen LogP contribution in [0.2, 0.25) is 0 Å². The Kier molecular flexibility index (Phi) is 4.46. The summed E-state index contributed by atoms with van der Waals surface area (Å²) in [6.07, 6.45) is -2.50. The average molecular weight is 292 g/mol. The molecule has 1 aromatic rings. The number of hydrogen-bond donors (Lipinski definition) is 1. The van der Waals surface area contributed by atoms with Gasteiger partial charge in [-0.15, -0.1) is 11.3 Å². The van der Waals surface area contributed by atoms with Crippen LogP contribution in [-0.2, 0) is 4.79 Å². The monoisotopic (exact) mass is 292 g/mol. The number of hydrogen-bond acceptors (Lipinski definition) is 3. The minimum atomic E-state index is -4.28. The summed E-state index contributed by atoms with van der Waals surface area (Å²) in [6, 6.07) is 3.91. The van der Waals surface area contributed by atoms with Gasteiger partial charge in [-0.2, -0.15) is 13.2 Å². The summed E-state index contributed by atoms with van der Waals surface area (Å²) in [5.74, 6) is -0.264. The minimum Gasteiger partial charge on any atom is -0.334 e. The van der Waals surface area contributed by atoms with E-state index in [-0.39, 0.29) is 18.5 Å². The number of alkyl halides is 3. The van der Waals surface area contributed by atoms with Gasteiger partial charge >= 0.3 is 6.18 Å². The lowest BCUT2D eigenvalue weighted by atomic mass is 10.2. The van der Waals surface area contributed by atoms with Gasteiger partial charge in [-0.25, -0.2) is 0 Å². The van der Waals surface area contributed by atoms with Crippen LogP contribution in [0.1, 0.15) is 23.8 Å². The quantitative estimate of drug-likeness (QED) is 0.925. The van der Waals surface area contributed by atoms with Gasteiger partial charge in [-0.05, 0) is 24.3 Å². The zero-order chi connectivity index (χ0) is 13.9. The van der Waals surface area contributed by atoms with E-state index in [0.717, 1.165) is 17.7 Å². The van der Waals surface area contributed by atoms with Crippen molar-refractivity contribution in [3.05, 3.63) is 22.4 Å². The fourth-order valence-corrected chi connectivity index (χ4v) is 3.13. The molecule has 1 atom stereocenters. The van der Waals surface area contributed by atoms with Crippen LogP contribution in [0.4, 0.5) is 13.2 Å². The van der Waals surface area contributed by atoms with Crippen LogP contribution in [0.25, 0.3) is 0 Å². The van der Waals surface area contributed by atoms with Crippen LogP contribution in [0.15, 0.2) is 17.5 Å². The summed E-state index contributed by atoms with van der Waals surface area (Å²) in [4.78, 5) is 14.7. The van der Waals surface area contributed by atoms with E-state index in [1.54, 1.807) is 16.2 Å². The van der Waals surface area contributed by atoms with Crippen LogP contribution in [0.3, 0.4) is 0 Å². The number of nitrogens with zero attached hydrogens (tertiary/aromatic N) is 1. The molecule has 0 bridgehead atoms. The number of halogens is 3. The molecule has 7 heteroatoms. The summed E-state index contributed by atoms with van der Waals surface area (Å²) in [6.45, 7) is -0.771. The lowest BCUT2D eigenvalue weighted by Crippen LogP contribution is -2.40. The number of carbonyl (C=O) groups excluding carboxylic acids is 1.